The predicted octanol–water partition coefficient (Wildman–Crippen LogP) is 3.12. The number of hydrogen-bond acceptors (Lipinski definition) is 10. The zero-order valence-corrected chi connectivity index (χ0v) is 22.0. The highest BCUT2D eigenvalue weighted by atomic mass is 19.2. The Labute approximate surface area is 224 Å². The molecule has 3 atom stereocenters. The minimum Gasteiger partial charge on any atom is -0.487 e. The van der Waals surface area contributed by atoms with Crippen molar-refractivity contribution in [3.05, 3.63) is 53.4 Å². The SMILES string of the molecule is C[C@H](Oc1cnc(N2C[C@H](c3cc(F)c(F)cc3F)[C@@H](N)C2)nc1)C1CCN(c2nc(C(C)(C)O)no2)CC1. The summed E-state index contributed by atoms with van der Waals surface area (Å²) >= 11 is 0. The van der Waals surface area contributed by atoms with Gasteiger partial charge in [-0.1, -0.05) is 5.16 Å². The summed E-state index contributed by atoms with van der Waals surface area (Å²) in [6, 6.07) is 1.33. The van der Waals surface area contributed by atoms with E-state index in [0.717, 1.165) is 32.0 Å². The summed E-state index contributed by atoms with van der Waals surface area (Å²) in [5.41, 5.74) is 5.09. The van der Waals surface area contributed by atoms with Crippen LogP contribution in [0.1, 0.15) is 50.9 Å². The lowest BCUT2D eigenvalue weighted by molar-refractivity contribution is 0.0661. The number of benzene rings is 1. The molecule has 2 aromatic heterocycles. The van der Waals surface area contributed by atoms with Gasteiger partial charge in [-0.15, -0.1) is 0 Å². The third-order valence-corrected chi connectivity index (χ3v) is 7.46. The maximum absolute atomic E-state index is 14.3. The number of aromatic nitrogens is 4. The van der Waals surface area contributed by atoms with Gasteiger partial charge in [0.25, 0.3) is 0 Å². The zero-order valence-electron chi connectivity index (χ0n) is 22.0. The van der Waals surface area contributed by atoms with Crippen molar-refractivity contribution >= 4 is 12.0 Å². The molecule has 1 aromatic carbocycles. The summed E-state index contributed by atoms with van der Waals surface area (Å²) in [5, 5.41) is 13.9. The van der Waals surface area contributed by atoms with Gasteiger partial charge in [-0.05, 0) is 51.2 Å². The van der Waals surface area contributed by atoms with Gasteiger partial charge in [-0.3, -0.25) is 0 Å². The predicted molar refractivity (Wildman–Crippen MR) is 136 cm³/mol. The molecule has 2 aliphatic rings. The van der Waals surface area contributed by atoms with E-state index < -0.39 is 35.0 Å². The molecular weight excluding hydrogens is 515 g/mol. The Morgan fingerprint density at radius 2 is 1.72 bits per heavy atom. The van der Waals surface area contributed by atoms with Gasteiger partial charge in [0.15, 0.2) is 17.4 Å². The van der Waals surface area contributed by atoms with Crippen LogP contribution in [-0.2, 0) is 5.60 Å². The lowest BCUT2D eigenvalue weighted by Crippen LogP contribution is -2.39. The Balaban J connectivity index is 1.15. The van der Waals surface area contributed by atoms with Crippen molar-refractivity contribution in [2.75, 3.05) is 36.0 Å². The first-order valence-electron chi connectivity index (χ1n) is 12.9. The summed E-state index contributed by atoms with van der Waals surface area (Å²) in [7, 11) is 0. The van der Waals surface area contributed by atoms with Gasteiger partial charge in [-0.2, -0.15) is 4.98 Å². The van der Waals surface area contributed by atoms with Crippen LogP contribution in [0.15, 0.2) is 29.0 Å². The molecule has 39 heavy (non-hydrogen) atoms. The Morgan fingerprint density at radius 1 is 1.05 bits per heavy atom. The Bertz CT molecular complexity index is 1290. The van der Waals surface area contributed by atoms with Crippen LogP contribution in [0, 0.1) is 23.4 Å². The average Bonchev–Trinajstić information content (AvgIpc) is 3.54. The molecule has 0 radical (unpaired) electrons. The van der Waals surface area contributed by atoms with Crippen LogP contribution in [0.4, 0.5) is 25.1 Å². The van der Waals surface area contributed by atoms with Crippen molar-refractivity contribution in [2.45, 2.75) is 57.3 Å². The van der Waals surface area contributed by atoms with Gasteiger partial charge >= 0.3 is 6.01 Å². The standard InChI is InChI=1S/C26H32F3N7O3/c1-14(15-4-6-35(7-5-15)25-33-23(34-39-25)26(2,3)37)38-16-10-31-24(32-11-16)36-12-18(22(30)13-36)17-8-20(28)21(29)9-19(17)27/h8-11,14-15,18,22,37H,4-7,12-13,30H2,1-3H3/t14-,18+,22-/m0/s1. The molecule has 3 aromatic rings. The van der Waals surface area contributed by atoms with Crippen molar-refractivity contribution in [3.8, 4) is 5.75 Å². The molecule has 10 nitrogen and oxygen atoms in total. The molecule has 5 rings (SSSR count). The Kier molecular flexibility index (Phi) is 7.38. The van der Waals surface area contributed by atoms with E-state index in [4.69, 9.17) is 15.0 Å². The van der Waals surface area contributed by atoms with Gasteiger partial charge in [0.2, 0.25) is 11.8 Å². The minimum absolute atomic E-state index is 0.0421. The highest BCUT2D eigenvalue weighted by Gasteiger charge is 2.35. The number of piperidine rings is 1. The van der Waals surface area contributed by atoms with Crippen molar-refractivity contribution in [1.82, 2.24) is 20.1 Å². The summed E-state index contributed by atoms with van der Waals surface area (Å²) in [5.74, 6) is -2.23. The van der Waals surface area contributed by atoms with Crippen molar-refractivity contribution in [2.24, 2.45) is 11.7 Å². The van der Waals surface area contributed by atoms with Gasteiger partial charge < -0.3 is 29.9 Å². The van der Waals surface area contributed by atoms with Crippen molar-refractivity contribution < 1.29 is 27.5 Å². The lowest BCUT2D eigenvalue weighted by atomic mass is 9.92. The second-order valence-corrected chi connectivity index (χ2v) is 10.8. The van der Waals surface area contributed by atoms with Gasteiger partial charge in [-0.25, -0.2) is 23.1 Å². The van der Waals surface area contributed by atoms with E-state index in [1.165, 1.54) is 0 Å². The van der Waals surface area contributed by atoms with Crippen LogP contribution in [0.2, 0.25) is 0 Å². The Morgan fingerprint density at radius 3 is 2.36 bits per heavy atom. The normalized spacial score (nSPS) is 21.4. The largest absolute Gasteiger partial charge is 0.487 e. The topological polar surface area (TPSA) is 127 Å². The summed E-state index contributed by atoms with van der Waals surface area (Å²) in [4.78, 5) is 16.9. The number of halogens is 3. The molecule has 0 saturated carbocycles. The average molecular weight is 548 g/mol. The number of ether oxygens (including phenoxy) is 1. The first-order chi connectivity index (χ1) is 18.5. The van der Waals surface area contributed by atoms with Gasteiger partial charge in [0.05, 0.1) is 18.5 Å². The van der Waals surface area contributed by atoms with Gasteiger partial charge in [0.1, 0.15) is 11.4 Å². The molecule has 0 bridgehead atoms. The van der Waals surface area contributed by atoms with Crippen LogP contribution < -0.4 is 20.3 Å². The smallest absolute Gasteiger partial charge is 0.324 e. The monoisotopic (exact) mass is 547 g/mol. The quantitative estimate of drug-likeness (QED) is 0.426. The fourth-order valence-corrected chi connectivity index (χ4v) is 5.14. The minimum atomic E-state index is -1.23. The molecule has 2 fully saturated rings. The first kappa shape index (κ1) is 27.1. The van der Waals surface area contributed by atoms with Crippen LogP contribution in [-0.4, -0.2) is 63.5 Å². The van der Waals surface area contributed by atoms with Gasteiger partial charge in [0, 0.05) is 44.2 Å². The van der Waals surface area contributed by atoms with Crippen LogP contribution in [0.25, 0.3) is 0 Å². The molecule has 0 unspecified atom stereocenters. The number of hydrogen-bond donors (Lipinski definition) is 2. The van der Waals surface area contributed by atoms with Crippen LogP contribution in [0.5, 0.6) is 5.75 Å². The molecule has 4 heterocycles. The molecule has 0 aliphatic carbocycles. The third kappa shape index (κ3) is 5.78. The molecular formula is C26H32F3N7O3. The number of rotatable bonds is 7. The van der Waals surface area contributed by atoms with E-state index >= 15 is 0 Å². The second-order valence-electron chi connectivity index (χ2n) is 10.8. The first-order valence-corrected chi connectivity index (χ1v) is 12.9. The highest BCUT2D eigenvalue weighted by Crippen LogP contribution is 2.32. The van der Waals surface area contributed by atoms with Crippen molar-refractivity contribution in [1.29, 1.82) is 0 Å². The molecule has 3 N–H and O–H groups in total. The van der Waals surface area contributed by atoms with E-state index in [1.807, 2.05) is 11.8 Å². The molecule has 13 heteroatoms. The number of anilines is 2. The van der Waals surface area contributed by atoms with E-state index in [1.54, 1.807) is 31.1 Å². The molecule has 2 aliphatic heterocycles. The maximum atomic E-state index is 14.3. The van der Waals surface area contributed by atoms with E-state index in [-0.39, 0.29) is 24.0 Å². The molecule has 0 spiro atoms. The maximum Gasteiger partial charge on any atom is 0.324 e. The fourth-order valence-electron chi connectivity index (χ4n) is 5.14. The van der Waals surface area contributed by atoms with E-state index in [9.17, 15) is 18.3 Å². The summed E-state index contributed by atoms with van der Waals surface area (Å²) in [6.45, 7) is 7.28. The third-order valence-electron chi connectivity index (χ3n) is 7.46. The number of nitrogens with zero attached hydrogens (tertiary/aromatic N) is 6. The Hall–Kier alpha value is -3.45. The van der Waals surface area contributed by atoms with E-state index in [0.29, 0.717) is 36.2 Å². The fraction of sp³-hybridized carbons (Fsp3) is 0.538. The summed E-state index contributed by atoms with van der Waals surface area (Å²) in [6.07, 6.45) is 4.79. The van der Waals surface area contributed by atoms with Crippen molar-refractivity contribution in [3.63, 3.8) is 0 Å². The van der Waals surface area contributed by atoms with Crippen LogP contribution in [0.3, 0.4) is 0 Å². The highest BCUT2D eigenvalue weighted by molar-refractivity contribution is 5.39. The lowest BCUT2D eigenvalue weighted by Gasteiger charge is -2.33. The molecule has 2 saturated heterocycles. The summed E-state index contributed by atoms with van der Waals surface area (Å²) < 4.78 is 52.8. The molecule has 0 amide bonds. The zero-order chi connectivity index (χ0) is 27.9. The number of aliphatic hydroxyl groups is 1. The van der Waals surface area contributed by atoms with E-state index in [2.05, 4.69) is 20.1 Å². The second kappa shape index (κ2) is 10.6. The molecule has 210 valence electrons. The van der Waals surface area contributed by atoms with Crippen LogP contribution >= 0.6 is 0 Å². The number of nitrogens with two attached hydrogens (primary N) is 1.